The zero-order valence-electron chi connectivity index (χ0n) is 9.93. The predicted octanol–water partition coefficient (Wildman–Crippen LogP) is 2.31. The van der Waals surface area contributed by atoms with E-state index in [1.54, 1.807) is 0 Å². The van der Waals surface area contributed by atoms with Crippen molar-refractivity contribution >= 4 is 17.6 Å². The van der Waals surface area contributed by atoms with Gasteiger partial charge in [-0.3, -0.25) is 4.79 Å². The number of halogens is 2. The fraction of sp³-hybridized carbons (Fsp3) is 0. The Kier molecular flexibility index (Phi) is 3.69. The van der Waals surface area contributed by atoms with Gasteiger partial charge in [-0.05, 0) is 30.3 Å². The molecule has 1 heterocycles. The number of hydrogen-bond acceptors (Lipinski definition) is 3. The van der Waals surface area contributed by atoms with Crippen LogP contribution in [0, 0.1) is 11.8 Å². The Hall–Kier alpha value is -2.83. The van der Waals surface area contributed by atoms with Gasteiger partial charge in [-0.15, -0.1) is 0 Å². The molecule has 1 amide bonds. The predicted molar refractivity (Wildman–Crippen MR) is 65.5 cm³/mol. The number of anilines is 1. The number of amides is 1. The maximum Gasteiger partial charge on any atom is 0.337 e. The third-order valence-corrected chi connectivity index (χ3v) is 2.41. The lowest BCUT2D eigenvalue weighted by molar-refractivity contribution is 0.0697. The molecule has 2 aromatic rings. The molecule has 2 N–H and O–H groups in total. The van der Waals surface area contributed by atoms with E-state index in [9.17, 15) is 18.4 Å². The molecule has 0 unspecified atom stereocenters. The van der Waals surface area contributed by atoms with E-state index in [2.05, 4.69) is 10.3 Å². The fourth-order valence-electron chi connectivity index (χ4n) is 1.52. The summed E-state index contributed by atoms with van der Waals surface area (Å²) >= 11 is 0. The van der Waals surface area contributed by atoms with Gasteiger partial charge < -0.3 is 10.4 Å². The number of rotatable bonds is 3. The number of aromatic nitrogens is 1. The number of aromatic carboxylic acids is 1. The highest BCUT2D eigenvalue weighted by atomic mass is 19.1. The molecule has 102 valence electrons. The number of carboxylic acid groups (broad SMARTS) is 1. The Morgan fingerprint density at radius 1 is 1.15 bits per heavy atom. The highest BCUT2D eigenvalue weighted by Gasteiger charge is 2.15. The van der Waals surface area contributed by atoms with Crippen LogP contribution in [0.4, 0.5) is 14.5 Å². The normalized spacial score (nSPS) is 10.1. The van der Waals surface area contributed by atoms with E-state index in [1.807, 2.05) is 0 Å². The Morgan fingerprint density at radius 3 is 2.55 bits per heavy atom. The van der Waals surface area contributed by atoms with E-state index in [0.717, 1.165) is 24.3 Å². The van der Waals surface area contributed by atoms with Crippen LogP contribution in [0.25, 0.3) is 0 Å². The highest BCUT2D eigenvalue weighted by molar-refractivity contribution is 6.06. The number of carboxylic acids is 1. The fourth-order valence-corrected chi connectivity index (χ4v) is 1.52. The van der Waals surface area contributed by atoms with Gasteiger partial charge in [0.1, 0.15) is 11.5 Å². The van der Waals surface area contributed by atoms with Gasteiger partial charge in [0.15, 0.2) is 0 Å². The van der Waals surface area contributed by atoms with Crippen LogP contribution >= 0.6 is 0 Å². The summed E-state index contributed by atoms with van der Waals surface area (Å²) in [6, 6.07) is 6.51. The molecule has 0 aliphatic rings. The Bertz CT molecular complexity index is 689. The molecule has 0 aliphatic heterocycles. The van der Waals surface area contributed by atoms with Gasteiger partial charge in [-0.25, -0.2) is 14.2 Å². The van der Waals surface area contributed by atoms with Crippen LogP contribution in [0.5, 0.6) is 0 Å². The number of nitrogens with zero attached hydrogens (tertiary/aromatic N) is 1. The molecule has 0 bridgehead atoms. The minimum atomic E-state index is -1.40. The van der Waals surface area contributed by atoms with E-state index in [0.29, 0.717) is 0 Å². The first-order chi connectivity index (χ1) is 9.47. The Balaban J connectivity index is 2.30. The number of benzene rings is 1. The zero-order valence-corrected chi connectivity index (χ0v) is 9.93. The smallest absolute Gasteiger partial charge is 0.337 e. The second-order valence-electron chi connectivity index (χ2n) is 3.79. The van der Waals surface area contributed by atoms with Crippen LogP contribution in [0.1, 0.15) is 20.8 Å². The lowest BCUT2D eigenvalue weighted by Gasteiger charge is -2.08. The molecule has 5 nitrogen and oxygen atoms in total. The molecule has 0 aliphatic carbocycles. The topological polar surface area (TPSA) is 79.3 Å². The molecule has 0 saturated heterocycles. The van der Waals surface area contributed by atoms with Gasteiger partial charge >= 0.3 is 5.97 Å². The third-order valence-electron chi connectivity index (χ3n) is 2.41. The van der Waals surface area contributed by atoms with E-state index in [1.165, 1.54) is 12.1 Å². The van der Waals surface area contributed by atoms with E-state index >= 15 is 0 Å². The van der Waals surface area contributed by atoms with Crippen molar-refractivity contribution in [1.29, 1.82) is 0 Å². The molecule has 0 saturated carbocycles. The lowest BCUT2D eigenvalue weighted by Crippen LogP contribution is -2.16. The number of pyridine rings is 1. The van der Waals surface area contributed by atoms with Crippen molar-refractivity contribution in [3.8, 4) is 0 Å². The number of hydrogen-bond donors (Lipinski definition) is 2. The van der Waals surface area contributed by atoms with Crippen molar-refractivity contribution in [2.75, 3.05) is 5.32 Å². The van der Waals surface area contributed by atoms with Crippen LogP contribution < -0.4 is 5.32 Å². The summed E-state index contributed by atoms with van der Waals surface area (Å²) in [5, 5.41) is 11.2. The van der Waals surface area contributed by atoms with Gasteiger partial charge in [-0.1, -0.05) is 6.07 Å². The van der Waals surface area contributed by atoms with Crippen molar-refractivity contribution in [1.82, 2.24) is 4.98 Å². The Morgan fingerprint density at radius 2 is 1.90 bits per heavy atom. The maximum atomic E-state index is 13.0. The summed E-state index contributed by atoms with van der Waals surface area (Å²) in [5.74, 6) is -3.77. The van der Waals surface area contributed by atoms with Crippen molar-refractivity contribution in [3.05, 3.63) is 59.4 Å². The number of carbonyl (C=O) groups is 2. The largest absolute Gasteiger partial charge is 0.478 e. The van der Waals surface area contributed by atoms with Crippen molar-refractivity contribution in [2.45, 2.75) is 0 Å². The summed E-state index contributed by atoms with van der Waals surface area (Å²) in [4.78, 5) is 26.1. The van der Waals surface area contributed by atoms with Crippen LogP contribution in [-0.4, -0.2) is 22.0 Å². The summed E-state index contributed by atoms with van der Waals surface area (Å²) in [6.07, 6.45) is 0. The first-order valence-corrected chi connectivity index (χ1v) is 5.44. The molecule has 0 radical (unpaired) electrons. The molecule has 20 heavy (non-hydrogen) atoms. The second-order valence-corrected chi connectivity index (χ2v) is 3.79. The Labute approximate surface area is 111 Å². The third kappa shape index (κ3) is 2.94. The van der Waals surface area contributed by atoms with E-state index in [4.69, 9.17) is 5.11 Å². The van der Waals surface area contributed by atoms with Crippen molar-refractivity contribution in [3.63, 3.8) is 0 Å². The highest BCUT2D eigenvalue weighted by Crippen LogP contribution is 2.18. The number of nitrogens with one attached hydrogen (secondary N) is 1. The molecular formula is C13H8F2N2O3. The quantitative estimate of drug-likeness (QED) is 0.844. The summed E-state index contributed by atoms with van der Waals surface area (Å²) in [5.41, 5.74) is -0.727. The van der Waals surface area contributed by atoms with E-state index in [-0.39, 0.29) is 11.4 Å². The number of carbonyl (C=O) groups excluding carboxylic acids is 1. The van der Waals surface area contributed by atoms with Crippen LogP contribution in [0.3, 0.4) is 0 Å². The first kappa shape index (κ1) is 13.6. The first-order valence-electron chi connectivity index (χ1n) is 5.44. The maximum absolute atomic E-state index is 13.0. The average molecular weight is 278 g/mol. The molecule has 1 aromatic carbocycles. The van der Waals surface area contributed by atoms with Crippen LogP contribution in [-0.2, 0) is 0 Å². The molecule has 2 rings (SSSR count). The van der Waals surface area contributed by atoms with E-state index < -0.39 is 29.2 Å². The van der Waals surface area contributed by atoms with Crippen LogP contribution in [0.15, 0.2) is 36.4 Å². The summed E-state index contributed by atoms with van der Waals surface area (Å²) in [6.45, 7) is 0. The van der Waals surface area contributed by atoms with Gasteiger partial charge in [0.2, 0.25) is 5.95 Å². The molecule has 0 spiro atoms. The average Bonchev–Trinajstić information content (AvgIpc) is 2.40. The summed E-state index contributed by atoms with van der Waals surface area (Å²) in [7, 11) is 0. The molecule has 7 heteroatoms. The minimum absolute atomic E-state index is 0.102. The standard InChI is InChI=1S/C13H8F2N2O3/c14-7-4-5-9(8(6-7)13(19)20)17-12(18)10-2-1-3-11(15)16-10/h1-6H,(H,17,18)(H,19,20). The van der Waals surface area contributed by atoms with Crippen molar-refractivity contribution in [2.24, 2.45) is 0 Å². The molecular weight excluding hydrogens is 270 g/mol. The van der Waals surface area contributed by atoms with Gasteiger partial charge in [0.05, 0.1) is 11.3 Å². The zero-order chi connectivity index (χ0) is 14.7. The molecule has 1 aromatic heterocycles. The van der Waals surface area contributed by atoms with Crippen LogP contribution in [0.2, 0.25) is 0 Å². The lowest BCUT2D eigenvalue weighted by atomic mass is 10.1. The van der Waals surface area contributed by atoms with Gasteiger partial charge in [-0.2, -0.15) is 4.39 Å². The monoisotopic (exact) mass is 278 g/mol. The summed E-state index contributed by atoms with van der Waals surface area (Å²) < 4.78 is 25.9. The van der Waals surface area contributed by atoms with Crippen molar-refractivity contribution < 1.29 is 23.5 Å². The SMILES string of the molecule is O=C(Nc1ccc(F)cc1C(=O)O)c1cccc(F)n1. The van der Waals surface area contributed by atoms with Gasteiger partial charge in [0.25, 0.3) is 5.91 Å². The molecule has 0 fully saturated rings. The van der Waals surface area contributed by atoms with Gasteiger partial charge in [0, 0.05) is 0 Å². The molecule has 0 atom stereocenters. The minimum Gasteiger partial charge on any atom is -0.478 e. The second kappa shape index (κ2) is 5.43.